The van der Waals surface area contributed by atoms with E-state index in [2.05, 4.69) is 15.8 Å². The van der Waals surface area contributed by atoms with Gasteiger partial charge in [0.25, 0.3) is 0 Å². The lowest BCUT2D eigenvalue weighted by Crippen LogP contribution is -2.27. The van der Waals surface area contributed by atoms with Crippen molar-refractivity contribution in [2.75, 3.05) is 41.8 Å². The Kier molecular flexibility index (Phi) is 4.80. The van der Waals surface area contributed by atoms with E-state index in [1.807, 2.05) is 0 Å². The maximum atomic E-state index is 14.0. The number of hydrogen-bond donors (Lipinski definition) is 3. The molecule has 0 aliphatic carbocycles. The highest BCUT2D eigenvalue weighted by Crippen LogP contribution is 2.26. The van der Waals surface area contributed by atoms with Gasteiger partial charge in [-0.25, -0.2) is 9.18 Å². The molecule has 2 aromatic rings. The maximum Gasteiger partial charge on any atom is 0.414 e. The Morgan fingerprint density at radius 2 is 2.25 bits per heavy atom. The van der Waals surface area contributed by atoms with E-state index in [-0.39, 0.29) is 24.9 Å². The normalized spacial score (nSPS) is 17.0. The molecule has 8 nitrogen and oxygen atoms in total. The van der Waals surface area contributed by atoms with Crippen LogP contribution >= 0.6 is 0 Å². The minimum Gasteiger partial charge on any atom is -0.442 e. The number of aromatic nitrogens is 1. The number of nitrogens with one attached hydrogen (secondary N) is 2. The first-order valence-corrected chi connectivity index (χ1v) is 7.44. The summed E-state index contributed by atoms with van der Waals surface area (Å²) < 4.78 is 24.0. The molecule has 1 aromatic heterocycles. The molecule has 3 N–H and O–H groups in total. The van der Waals surface area contributed by atoms with Gasteiger partial charge in [0, 0.05) is 12.6 Å². The first-order chi connectivity index (χ1) is 11.7. The molecule has 0 saturated carbocycles. The molecule has 0 radical (unpaired) electrons. The lowest BCUT2D eigenvalue weighted by Gasteiger charge is -2.15. The minimum absolute atomic E-state index is 0.0974. The van der Waals surface area contributed by atoms with Gasteiger partial charge in [0.15, 0.2) is 5.82 Å². The van der Waals surface area contributed by atoms with Crippen molar-refractivity contribution in [1.29, 1.82) is 0 Å². The molecule has 1 saturated heterocycles. The van der Waals surface area contributed by atoms with Gasteiger partial charge in [0.05, 0.1) is 31.1 Å². The van der Waals surface area contributed by atoms with Crippen LogP contribution in [-0.4, -0.2) is 48.7 Å². The molecule has 0 spiro atoms. The third-order valence-corrected chi connectivity index (χ3v) is 3.51. The van der Waals surface area contributed by atoms with Crippen LogP contribution in [0.15, 0.2) is 35.1 Å². The Morgan fingerprint density at radius 1 is 1.38 bits per heavy atom. The summed E-state index contributed by atoms with van der Waals surface area (Å²) >= 11 is 0. The molecule has 1 aromatic carbocycles. The number of benzene rings is 1. The number of anilines is 3. The van der Waals surface area contributed by atoms with Gasteiger partial charge in [-0.05, 0) is 18.2 Å². The van der Waals surface area contributed by atoms with Crippen LogP contribution in [0, 0.1) is 5.82 Å². The molecule has 1 atom stereocenters. The highest BCUT2D eigenvalue weighted by atomic mass is 19.1. The zero-order valence-corrected chi connectivity index (χ0v) is 12.7. The summed E-state index contributed by atoms with van der Waals surface area (Å²) in [5.74, 6) is 0.0489. The summed E-state index contributed by atoms with van der Waals surface area (Å²) in [5.41, 5.74) is 0.681. The predicted octanol–water partition coefficient (Wildman–Crippen LogP) is 1.66. The van der Waals surface area contributed by atoms with Crippen LogP contribution in [0.1, 0.15) is 0 Å². The molecule has 1 aliphatic heterocycles. The number of aliphatic hydroxyl groups excluding tert-OH is 1. The number of carbonyl (C=O) groups is 1. The lowest BCUT2D eigenvalue weighted by molar-refractivity contribution is 0.147. The van der Waals surface area contributed by atoms with Gasteiger partial charge in [0.1, 0.15) is 18.2 Å². The standard InChI is InChI=1S/C15H17FN4O4/c16-12-7-10(1-2-13(12)17-4-5-21)20-9-11(24-15(20)22)8-18-14-3-6-23-19-14/h1-3,6-7,11,17,21H,4-5,8-9H2,(H,18,19)/t11-/m0/s1. The number of halogens is 1. The Morgan fingerprint density at radius 3 is 2.96 bits per heavy atom. The molecule has 3 rings (SSSR count). The van der Waals surface area contributed by atoms with Crippen molar-refractivity contribution in [3.05, 3.63) is 36.3 Å². The summed E-state index contributed by atoms with van der Waals surface area (Å²) in [4.78, 5) is 13.4. The van der Waals surface area contributed by atoms with E-state index in [0.29, 0.717) is 24.6 Å². The number of aliphatic hydroxyl groups is 1. The topological polar surface area (TPSA) is 99.9 Å². The number of hydrogen-bond acceptors (Lipinski definition) is 7. The van der Waals surface area contributed by atoms with Crippen molar-refractivity contribution in [1.82, 2.24) is 5.16 Å². The summed E-state index contributed by atoms with van der Waals surface area (Å²) in [5, 5.41) is 18.2. The second kappa shape index (κ2) is 7.18. The highest BCUT2D eigenvalue weighted by Gasteiger charge is 2.32. The Labute approximate surface area is 137 Å². The van der Waals surface area contributed by atoms with Gasteiger partial charge in [-0.2, -0.15) is 0 Å². The van der Waals surface area contributed by atoms with E-state index < -0.39 is 11.9 Å². The van der Waals surface area contributed by atoms with Crippen molar-refractivity contribution in [2.45, 2.75) is 6.10 Å². The van der Waals surface area contributed by atoms with Crippen LogP contribution < -0.4 is 15.5 Å². The third kappa shape index (κ3) is 3.57. The van der Waals surface area contributed by atoms with Crippen molar-refractivity contribution in [2.24, 2.45) is 0 Å². The molecule has 24 heavy (non-hydrogen) atoms. The van der Waals surface area contributed by atoms with E-state index in [1.54, 1.807) is 12.1 Å². The van der Waals surface area contributed by atoms with Crippen LogP contribution in [-0.2, 0) is 4.74 Å². The van der Waals surface area contributed by atoms with Gasteiger partial charge in [-0.1, -0.05) is 5.16 Å². The maximum absolute atomic E-state index is 14.0. The molecule has 128 valence electrons. The molecule has 9 heteroatoms. The first-order valence-electron chi connectivity index (χ1n) is 7.44. The zero-order chi connectivity index (χ0) is 16.9. The summed E-state index contributed by atoms with van der Waals surface area (Å²) in [6, 6.07) is 6.06. The van der Waals surface area contributed by atoms with E-state index >= 15 is 0 Å². The van der Waals surface area contributed by atoms with Crippen LogP contribution in [0.5, 0.6) is 0 Å². The van der Waals surface area contributed by atoms with Gasteiger partial charge in [0.2, 0.25) is 0 Å². The molecular formula is C15H17FN4O4. The fourth-order valence-electron chi connectivity index (χ4n) is 2.37. The smallest absolute Gasteiger partial charge is 0.414 e. The van der Waals surface area contributed by atoms with Crippen molar-refractivity contribution in [3.8, 4) is 0 Å². The highest BCUT2D eigenvalue weighted by molar-refractivity contribution is 5.90. The number of carbonyl (C=O) groups excluding carboxylic acids is 1. The molecule has 0 unspecified atom stereocenters. The Bertz CT molecular complexity index is 695. The monoisotopic (exact) mass is 336 g/mol. The van der Waals surface area contributed by atoms with E-state index in [1.165, 1.54) is 23.3 Å². The number of rotatable bonds is 7. The molecule has 1 aliphatic rings. The molecule has 1 fully saturated rings. The third-order valence-electron chi connectivity index (χ3n) is 3.51. The predicted molar refractivity (Wildman–Crippen MR) is 84.6 cm³/mol. The van der Waals surface area contributed by atoms with Crippen molar-refractivity contribution in [3.63, 3.8) is 0 Å². The average molecular weight is 336 g/mol. The van der Waals surface area contributed by atoms with Crippen LogP contribution in [0.3, 0.4) is 0 Å². The molecule has 2 heterocycles. The van der Waals surface area contributed by atoms with Gasteiger partial charge in [-0.3, -0.25) is 4.90 Å². The fraction of sp³-hybridized carbons (Fsp3) is 0.333. The lowest BCUT2D eigenvalue weighted by atomic mass is 10.2. The second-order valence-electron chi connectivity index (χ2n) is 5.20. The SMILES string of the molecule is O=C1O[C@@H](CNc2ccon2)CN1c1ccc(NCCO)c(F)c1. The Balaban J connectivity index is 1.62. The largest absolute Gasteiger partial charge is 0.442 e. The molecule has 0 bridgehead atoms. The average Bonchev–Trinajstić information content (AvgIpc) is 3.21. The minimum atomic E-state index is -0.530. The summed E-state index contributed by atoms with van der Waals surface area (Å²) in [6.07, 6.45) is 0.520. The van der Waals surface area contributed by atoms with Crippen LogP contribution in [0.25, 0.3) is 0 Å². The van der Waals surface area contributed by atoms with Gasteiger partial charge in [-0.15, -0.1) is 0 Å². The number of cyclic esters (lactones) is 1. The second-order valence-corrected chi connectivity index (χ2v) is 5.20. The molecule has 1 amide bonds. The number of nitrogens with zero attached hydrogens (tertiary/aromatic N) is 2. The van der Waals surface area contributed by atoms with Crippen molar-refractivity contribution < 1.29 is 23.6 Å². The number of ether oxygens (including phenoxy) is 1. The van der Waals surface area contributed by atoms with Gasteiger partial charge < -0.3 is 25.0 Å². The first kappa shape index (κ1) is 16.1. The summed E-state index contributed by atoms with van der Waals surface area (Å²) in [7, 11) is 0. The van der Waals surface area contributed by atoms with E-state index in [9.17, 15) is 9.18 Å². The van der Waals surface area contributed by atoms with Crippen molar-refractivity contribution >= 4 is 23.3 Å². The molecular weight excluding hydrogens is 319 g/mol. The van der Waals surface area contributed by atoms with Crippen LogP contribution in [0.2, 0.25) is 0 Å². The summed E-state index contributed by atoms with van der Waals surface area (Å²) in [6.45, 7) is 0.817. The van der Waals surface area contributed by atoms with E-state index in [0.717, 1.165) is 0 Å². The van der Waals surface area contributed by atoms with Gasteiger partial charge >= 0.3 is 6.09 Å². The Hall–Kier alpha value is -2.81. The van der Waals surface area contributed by atoms with Crippen LogP contribution in [0.4, 0.5) is 26.4 Å². The zero-order valence-electron chi connectivity index (χ0n) is 12.7. The fourth-order valence-corrected chi connectivity index (χ4v) is 2.37. The number of amides is 1. The quantitative estimate of drug-likeness (QED) is 0.707. The van der Waals surface area contributed by atoms with E-state index in [4.69, 9.17) is 14.4 Å².